The van der Waals surface area contributed by atoms with Gasteiger partial charge in [-0.15, -0.1) is 0 Å². The number of para-hydroxylation sites is 1. The van der Waals surface area contributed by atoms with Crippen LogP contribution in [0.15, 0.2) is 70.6 Å². The van der Waals surface area contributed by atoms with Gasteiger partial charge in [0.1, 0.15) is 10.0 Å². The van der Waals surface area contributed by atoms with Gasteiger partial charge in [-0.05, 0) is 61.9 Å². The number of carboxylic acids is 1. The average molecular weight is 709 g/mol. The van der Waals surface area contributed by atoms with Crippen LogP contribution in [0.3, 0.4) is 0 Å². The highest BCUT2D eigenvalue weighted by molar-refractivity contribution is 8.26. The molecule has 256 valence electrons. The van der Waals surface area contributed by atoms with Crippen molar-refractivity contribution in [2.45, 2.75) is 82.4 Å². The Labute approximate surface area is 293 Å². The van der Waals surface area contributed by atoms with E-state index < -0.39 is 16.0 Å². The topological polar surface area (TPSA) is 113 Å². The fourth-order valence-corrected chi connectivity index (χ4v) is 9.13. The molecule has 2 saturated heterocycles. The average Bonchev–Trinajstić information content (AvgIpc) is 3.62. The van der Waals surface area contributed by atoms with Gasteiger partial charge < -0.3 is 5.11 Å². The Balaban J connectivity index is 1.30. The molecule has 1 amide bonds. The summed E-state index contributed by atoms with van der Waals surface area (Å²) in [6, 6.07) is 16.6. The smallest absolute Gasteiger partial charge is 0.303 e. The normalized spacial score (nSPS) is 18.2. The van der Waals surface area contributed by atoms with Gasteiger partial charge in [0.05, 0.1) is 15.5 Å². The number of aliphatic carboxylic acids is 1. The number of aromatic nitrogens is 2. The first-order chi connectivity index (χ1) is 23.1. The first kappa shape index (κ1) is 36.0. The van der Waals surface area contributed by atoms with Crippen molar-refractivity contribution in [3.63, 3.8) is 0 Å². The number of rotatable bonds is 16. The summed E-state index contributed by atoms with van der Waals surface area (Å²) in [6.07, 6.45) is 13.6. The Morgan fingerprint density at radius 1 is 1.02 bits per heavy atom. The number of carbonyl (C=O) groups is 2. The van der Waals surface area contributed by atoms with Gasteiger partial charge in [0.2, 0.25) is 10.0 Å². The zero-order valence-corrected chi connectivity index (χ0v) is 29.9. The number of thioether (sulfide) groups is 1. The summed E-state index contributed by atoms with van der Waals surface area (Å²) in [5, 5.41) is 13.6. The molecule has 1 atom stereocenters. The summed E-state index contributed by atoms with van der Waals surface area (Å²) >= 11 is 6.90. The third-order valence-electron chi connectivity index (χ3n) is 8.81. The van der Waals surface area contributed by atoms with Crippen molar-refractivity contribution in [3.05, 3.63) is 71.3 Å². The summed E-state index contributed by atoms with van der Waals surface area (Å²) in [7, 11) is -3.67. The van der Waals surface area contributed by atoms with Crippen LogP contribution in [-0.4, -0.2) is 68.3 Å². The highest BCUT2D eigenvalue weighted by atomic mass is 32.2. The maximum Gasteiger partial charge on any atom is 0.303 e. The van der Waals surface area contributed by atoms with Crippen molar-refractivity contribution in [3.8, 4) is 16.9 Å². The molecule has 1 unspecified atom stereocenters. The van der Waals surface area contributed by atoms with E-state index in [1.807, 2.05) is 48.7 Å². The Morgan fingerprint density at radius 3 is 2.44 bits per heavy atom. The van der Waals surface area contributed by atoms with Crippen LogP contribution >= 0.6 is 24.0 Å². The number of hydrogen-bond acceptors (Lipinski definition) is 7. The minimum Gasteiger partial charge on any atom is -0.481 e. The molecule has 1 aromatic heterocycles. The van der Waals surface area contributed by atoms with E-state index in [1.54, 1.807) is 32.1 Å². The quantitative estimate of drug-likeness (QED) is 0.0913. The SMILES string of the molecule is CC1CCCN(S(=O)(=O)c2cccc(-c3nn(-c4ccccc4)cc3C=C3SC(=S)N(CCCCCCCCCCC(=O)O)C3=O)c2)C1. The van der Waals surface area contributed by atoms with Crippen LogP contribution in [-0.2, 0) is 19.6 Å². The minimum absolute atomic E-state index is 0.127. The van der Waals surface area contributed by atoms with Gasteiger partial charge in [0.15, 0.2) is 0 Å². The second-order valence-corrected chi connectivity index (χ2v) is 16.3. The Bertz CT molecular complexity index is 1740. The number of piperidine rings is 1. The summed E-state index contributed by atoms with van der Waals surface area (Å²) in [5.41, 5.74) is 2.77. The molecule has 3 aromatic rings. The van der Waals surface area contributed by atoms with E-state index in [-0.39, 0.29) is 17.2 Å². The number of unbranched alkanes of at least 4 members (excludes halogenated alkanes) is 7. The third-order valence-corrected chi connectivity index (χ3v) is 12.0. The maximum atomic E-state index is 13.6. The lowest BCUT2D eigenvalue weighted by Gasteiger charge is -2.30. The molecule has 3 heterocycles. The van der Waals surface area contributed by atoms with Crippen LogP contribution in [0.2, 0.25) is 0 Å². The molecule has 2 fully saturated rings. The van der Waals surface area contributed by atoms with Crippen LogP contribution < -0.4 is 0 Å². The number of nitrogens with zero attached hydrogens (tertiary/aromatic N) is 4. The summed E-state index contributed by atoms with van der Waals surface area (Å²) in [4.78, 5) is 26.6. The second kappa shape index (κ2) is 16.9. The summed E-state index contributed by atoms with van der Waals surface area (Å²) in [6.45, 7) is 3.67. The number of amides is 1. The number of carboxylic acid groups (broad SMARTS) is 1. The predicted molar refractivity (Wildman–Crippen MR) is 195 cm³/mol. The molecule has 2 aromatic carbocycles. The third kappa shape index (κ3) is 9.22. The van der Waals surface area contributed by atoms with Crippen LogP contribution in [0.5, 0.6) is 0 Å². The number of sulfonamides is 1. The summed E-state index contributed by atoms with van der Waals surface area (Å²) in [5.74, 6) is -0.543. The molecule has 0 bridgehead atoms. The Hall–Kier alpha value is -3.32. The largest absolute Gasteiger partial charge is 0.481 e. The van der Waals surface area contributed by atoms with E-state index in [1.165, 1.54) is 11.8 Å². The maximum absolute atomic E-state index is 13.6. The van der Waals surface area contributed by atoms with Crippen molar-refractivity contribution in [2.75, 3.05) is 19.6 Å². The summed E-state index contributed by atoms with van der Waals surface area (Å²) < 4.78 is 31.2. The predicted octanol–water partition coefficient (Wildman–Crippen LogP) is 7.76. The Kier molecular flexibility index (Phi) is 12.6. The lowest BCUT2D eigenvalue weighted by atomic mass is 10.0. The molecule has 1 N–H and O–H groups in total. The molecule has 0 aliphatic carbocycles. The molecule has 0 spiro atoms. The highest BCUT2D eigenvalue weighted by Crippen LogP contribution is 2.36. The van der Waals surface area contributed by atoms with Crippen molar-refractivity contribution in [1.82, 2.24) is 19.0 Å². The first-order valence-electron chi connectivity index (χ1n) is 16.9. The number of hydrogen-bond donors (Lipinski definition) is 1. The lowest BCUT2D eigenvalue weighted by molar-refractivity contribution is -0.137. The van der Waals surface area contributed by atoms with E-state index >= 15 is 0 Å². The van der Waals surface area contributed by atoms with Crippen LogP contribution in [0, 0.1) is 5.92 Å². The first-order valence-corrected chi connectivity index (χ1v) is 19.5. The van der Waals surface area contributed by atoms with Gasteiger partial charge in [-0.3, -0.25) is 14.5 Å². The zero-order chi connectivity index (χ0) is 34.1. The van der Waals surface area contributed by atoms with E-state index in [2.05, 4.69) is 6.92 Å². The Morgan fingerprint density at radius 2 is 1.73 bits per heavy atom. The molecule has 48 heavy (non-hydrogen) atoms. The molecule has 0 saturated carbocycles. The highest BCUT2D eigenvalue weighted by Gasteiger charge is 2.32. The number of benzene rings is 2. The van der Waals surface area contributed by atoms with Crippen molar-refractivity contribution < 1.29 is 23.1 Å². The van der Waals surface area contributed by atoms with Gasteiger partial charge >= 0.3 is 5.97 Å². The van der Waals surface area contributed by atoms with Gasteiger partial charge in [-0.25, -0.2) is 13.1 Å². The second-order valence-electron chi connectivity index (χ2n) is 12.7. The van der Waals surface area contributed by atoms with Crippen LogP contribution in [0.25, 0.3) is 23.0 Å². The van der Waals surface area contributed by atoms with Gasteiger partial charge in [-0.1, -0.05) is 99.8 Å². The molecule has 9 nitrogen and oxygen atoms in total. The fraction of sp³-hybridized carbons (Fsp3) is 0.444. The standard InChI is InChI=1S/C36H44N4O5S3/c1-27-15-14-21-38(25-27)48(44,45)31-19-13-16-28(23-31)34-29(26-40(37-34)30-17-9-8-10-18-30)24-32-35(43)39(36(46)47-32)22-12-7-5-3-2-4-6-11-20-33(41)42/h8-10,13,16-19,23-24,26-27H,2-7,11-12,14-15,20-22,25H2,1H3,(H,41,42). The van der Waals surface area contributed by atoms with Gasteiger partial charge in [0, 0.05) is 43.4 Å². The monoisotopic (exact) mass is 708 g/mol. The molecule has 5 rings (SSSR count). The van der Waals surface area contributed by atoms with E-state index in [0.29, 0.717) is 51.6 Å². The van der Waals surface area contributed by atoms with Gasteiger partial charge in [0.25, 0.3) is 5.91 Å². The van der Waals surface area contributed by atoms with E-state index in [9.17, 15) is 18.0 Å². The number of carbonyl (C=O) groups excluding carboxylic acids is 1. The molecule has 0 radical (unpaired) electrons. The lowest BCUT2D eigenvalue weighted by Crippen LogP contribution is -2.39. The fourth-order valence-electron chi connectivity index (χ4n) is 6.19. The van der Waals surface area contributed by atoms with Gasteiger partial charge in [-0.2, -0.15) is 9.40 Å². The zero-order valence-electron chi connectivity index (χ0n) is 27.4. The molecular weight excluding hydrogens is 665 g/mol. The minimum atomic E-state index is -3.67. The van der Waals surface area contributed by atoms with Crippen molar-refractivity contribution in [2.24, 2.45) is 5.92 Å². The van der Waals surface area contributed by atoms with E-state index in [4.69, 9.17) is 22.4 Å². The van der Waals surface area contributed by atoms with Crippen molar-refractivity contribution in [1.29, 1.82) is 0 Å². The van der Waals surface area contributed by atoms with Crippen molar-refractivity contribution >= 4 is 56.3 Å². The molecular formula is C36H44N4O5S3. The molecule has 2 aliphatic heterocycles. The van der Waals surface area contributed by atoms with Crippen LogP contribution in [0.1, 0.15) is 83.1 Å². The molecule has 12 heteroatoms. The van der Waals surface area contributed by atoms with Crippen LogP contribution in [0.4, 0.5) is 0 Å². The number of thiocarbonyl (C=S) groups is 1. The van der Waals surface area contributed by atoms with E-state index in [0.717, 1.165) is 69.9 Å². The molecule has 2 aliphatic rings.